The topological polar surface area (TPSA) is 80.6 Å². The lowest BCUT2D eigenvalue weighted by molar-refractivity contribution is -0.0605. The van der Waals surface area contributed by atoms with E-state index in [0.29, 0.717) is 26.1 Å². The molecule has 1 aromatic heterocycles. The summed E-state index contributed by atoms with van der Waals surface area (Å²) in [5.74, 6) is -0.457. The molecule has 0 saturated carbocycles. The molecule has 1 fully saturated rings. The molecule has 6 nitrogen and oxygen atoms in total. The van der Waals surface area contributed by atoms with E-state index in [4.69, 9.17) is 4.74 Å². The second kappa shape index (κ2) is 5.54. The van der Waals surface area contributed by atoms with E-state index < -0.39 is 11.5 Å². The molecule has 0 aromatic carbocycles. The van der Waals surface area contributed by atoms with Crippen LogP contribution in [-0.2, 0) is 11.8 Å². The van der Waals surface area contributed by atoms with Crippen LogP contribution in [0, 0.1) is 0 Å². The molecule has 0 atom stereocenters. The number of nitrogens with zero attached hydrogens (tertiary/aromatic N) is 1. The normalized spacial score (nSPS) is 18.0. The van der Waals surface area contributed by atoms with Gasteiger partial charge in [0.2, 0.25) is 0 Å². The van der Waals surface area contributed by atoms with Crippen LogP contribution in [0.1, 0.15) is 23.2 Å². The molecule has 2 rings (SSSR count). The van der Waals surface area contributed by atoms with Gasteiger partial charge in [0.1, 0.15) is 5.56 Å². The Morgan fingerprint density at radius 1 is 1.53 bits per heavy atom. The molecule has 6 heteroatoms. The molecule has 1 aromatic rings. The number of hydrogen-bond acceptors (Lipinski definition) is 4. The quantitative estimate of drug-likeness (QED) is 0.784. The van der Waals surface area contributed by atoms with Gasteiger partial charge in [-0.05, 0) is 12.1 Å². The van der Waals surface area contributed by atoms with Gasteiger partial charge in [0.15, 0.2) is 0 Å². The third kappa shape index (κ3) is 3.21. The van der Waals surface area contributed by atoms with Gasteiger partial charge in [-0.3, -0.25) is 9.59 Å². The van der Waals surface area contributed by atoms with Crippen molar-refractivity contribution < 1.29 is 14.6 Å². The molecule has 1 amide bonds. The van der Waals surface area contributed by atoms with E-state index in [2.05, 4.69) is 5.32 Å². The van der Waals surface area contributed by atoms with Crippen LogP contribution in [0.5, 0.6) is 0 Å². The number of carbonyl (C=O) groups excluding carboxylic acids is 1. The first kappa shape index (κ1) is 13.8. The standard InChI is InChI=1S/C13H18N2O4/c1-15-6-2-3-10(12(15)17)11(16)14-9-13(18)4-7-19-8-5-13/h2-3,6,18H,4-5,7-9H2,1H3,(H,14,16). The highest BCUT2D eigenvalue weighted by atomic mass is 16.5. The third-order valence-corrected chi connectivity index (χ3v) is 3.37. The van der Waals surface area contributed by atoms with Crippen LogP contribution in [0.15, 0.2) is 23.1 Å². The monoisotopic (exact) mass is 266 g/mol. The van der Waals surface area contributed by atoms with E-state index in [0.717, 1.165) is 0 Å². The van der Waals surface area contributed by atoms with Gasteiger partial charge >= 0.3 is 0 Å². The van der Waals surface area contributed by atoms with Crippen LogP contribution in [0.2, 0.25) is 0 Å². The average molecular weight is 266 g/mol. The number of aliphatic hydroxyl groups is 1. The number of amides is 1. The molecule has 19 heavy (non-hydrogen) atoms. The fraction of sp³-hybridized carbons (Fsp3) is 0.538. The zero-order valence-corrected chi connectivity index (χ0v) is 10.9. The lowest BCUT2D eigenvalue weighted by atomic mass is 9.94. The zero-order chi connectivity index (χ0) is 13.9. The Balaban J connectivity index is 2.01. The van der Waals surface area contributed by atoms with Gasteiger partial charge in [0.25, 0.3) is 11.5 Å². The first-order chi connectivity index (χ1) is 9.02. The summed E-state index contributed by atoms with van der Waals surface area (Å²) in [4.78, 5) is 23.7. The van der Waals surface area contributed by atoms with Crippen LogP contribution in [-0.4, -0.2) is 40.9 Å². The van der Waals surface area contributed by atoms with E-state index in [-0.39, 0.29) is 17.7 Å². The van der Waals surface area contributed by atoms with E-state index >= 15 is 0 Å². The highest BCUT2D eigenvalue weighted by molar-refractivity contribution is 5.93. The number of pyridine rings is 1. The number of aryl methyl sites for hydroxylation is 1. The Kier molecular flexibility index (Phi) is 4.01. The molecule has 0 bridgehead atoms. The minimum atomic E-state index is -0.937. The number of hydrogen-bond donors (Lipinski definition) is 2. The summed E-state index contributed by atoms with van der Waals surface area (Å²) in [5, 5.41) is 12.8. The van der Waals surface area contributed by atoms with Crippen molar-refractivity contribution in [2.75, 3.05) is 19.8 Å². The van der Waals surface area contributed by atoms with E-state index in [1.54, 1.807) is 19.3 Å². The summed E-state index contributed by atoms with van der Waals surface area (Å²) in [6.07, 6.45) is 2.56. The molecule has 0 aliphatic carbocycles. The van der Waals surface area contributed by atoms with Gasteiger partial charge in [0.05, 0.1) is 5.60 Å². The van der Waals surface area contributed by atoms with Crippen molar-refractivity contribution >= 4 is 5.91 Å². The summed E-state index contributed by atoms with van der Waals surface area (Å²) in [5.41, 5.74) is -1.20. The maximum atomic E-state index is 11.9. The molecule has 1 aliphatic heterocycles. The molecule has 104 valence electrons. The van der Waals surface area contributed by atoms with Crippen LogP contribution >= 0.6 is 0 Å². The predicted molar refractivity (Wildman–Crippen MR) is 69.0 cm³/mol. The van der Waals surface area contributed by atoms with Crippen LogP contribution in [0.4, 0.5) is 0 Å². The molecule has 0 radical (unpaired) electrons. The Labute approximate surface area is 111 Å². The lowest BCUT2D eigenvalue weighted by Crippen LogP contribution is -2.47. The summed E-state index contributed by atoms with van der Waals surface area (Å²) in [6.45, 7) is 1.10. The number of carbonyl (C=O) groups is 1. The fourth-order valence-electron chi connectivity index (χ4n) is 2.04. The fourth-order valence-corrected chi connectivity index (χ4v) is 2.04. The van der Waals surface area contributed by atoms with E-state index in [1.807, 2.05) is 0 Å². The number of nitrogens with one attached hydrogen (secondary N) is 1. The molecule has 0 unspecified atom stereocenters. The van der Waals surface area contributed by atoms with Crippen molar-refractivity contribution in [3.05, 3.63) is 34.2 Å². The van der Waals surface area contributed by atoms with Crippen LogP contribution < -0.4 is 10.9 Å². The summed E-state index contributed by atoms with van der Waals surface area (Å²) in [7, 11) is 1.59. The first-order valence-electron chi connectivity index (χ1n) is 6.26. The van der Waals surface area contributed by atoms with E-state index in [1.165, 1.54) is 10.6 Å². The summed E-state index contributed by atoms with van der Waals surface area (Å²) >= 11 is 0. The van der Waals surface area contributed by atoms with E-state index in [9.17, 15) is 14.7 Å². The molecular formula is C13H18N2O4. The van der Waals surface area contributed by atoms with Crippen molar-refractivity contribution in [3.63, 3.8) is 0 Å². The number of ether oxygens (including phenoxy) is 1. The van der Waals surface area contributed by atoms with Gasteiger partial charge in [-0.1, -0.05) is 0 Å². The Hall–Kier alpha value is -1.66. The second-order valence-corrected chi connectivity index (χ2v) is 4.86. The van der Waals surface area contributed by atoms with Gasteiger partial charge < -0.3 is 19.7 Å². The van der Waals surface area contributed by atoms with Crippen molar-refractivity contribution in [2.24, 2.45) is 7.05 Å². The van der Waals surface area contributed by atoms with Gasteiger partial charge in [-0.2, -0.15) is 0 Å². The number of aromatic nitrogens is 1. The third-order valence-electron chi connectivity index (χ3n) is 3.37. The van der Waals surface area contributed by atoms with Crippen LogP contribution in [0.3, 0.4) is 0 Å². The average Bonchev–Trinajstić information content (AvgIpc) is 2.40. The molecule has 2 heterocycles. The number of rotatable bonds is 3. The maximum Gasteiger partial charge on any atom is 0.263 e. The maximum absolute atomic E-state index is 11.9. The first-order valence-corrected chi connectivity index (χ1v) is 6.26. The summed E-state index contributed by atoms with van der Waals surface area (Å²) in [6, 6.07) is 3.12. The highest BCUT2D eigenvalue weighted by Crippen LogP contribution is 2.19. The van der Waals surface area contributed by atoms with Gasteiger partial charge in [-0.25, -0.2) is 0 Å². The van der Waals surface area contributed by atoms with Crippen LogP contribution in [0.25, 0.3) is 0 Å². The molecule has 0 spiro atoms. The largest absolute Gasteiger partial charge is 0.388 e. The van der Waals surface area contributed by atoms with Crippen molar-refractivity contribution in [1.82, 2.24) is 9.88 Å². The van der Waals surface area contributed by atoms with Gasteiger partial charge in [-0.15, -0.1) is 0 Å². The zero-order valence-electron chi connectivity index (χ0n) is 10.9. The molecule has 2 N–H and O–H groups in total. The summed E-state index contributed by atoms with van der Waals surface area (Å²) < 4.78 is 6.51. The molecule has 1 saturated heterocycles. The minimum Gasteiger partial charge on any atom is -0.388 e. The minimum absolute atomic E-state index is 0.0839. The second-order valence-electron chi connectivity index (χ2n) is 4.86. The highest BCUT2D eigenvalue weighted by Gasteiger charge is 2.30. The molecular weight excluding hydrogens is 248 g/mol. The molecule has 1 aliphatic rings. The predicted octanol–water partition coefficient (Wildman–Crippen LogP) is -0.343. The Morgan fingerprint density at radius 3 is 2.89 bits per heavy atom. The Bertz CT molecular complexity index is 518. The lowest BCUT2D eigenvalue weighted by Gasteiger charge is -2.32. The van der Waals surface area contributed by atoms with Gasteiger partial charge in [0, 0.05) is 45.8 Å². The van der Waals surface area contributed by atoms with Crippen molar-refractivity contribution in [3.8, 4) is 0 Å². The Morgan fingerprint density at radius 2 is 2.21 bits per heavy atom. The smallest absolute Gasteiger partial charge is 0.263 e. The van der Waals surface area contributed by atoms with Crippen molar-refractivity contribution in [1.29, 1.82) is 0 Å². The SMILES string of the molecule is Cn1cccc(C(=O)NCC2(O)CCOCC2)c1=O. The van der Waals surface area contributed by atoms with Crippen molar-refractivity contribution in [2.45, 2.75) is 18.4 Å².